The molecule has 2 atom stereocenters. The maximum atomic E-state index is 13.0. The zero-order chi connectivity index (χ0) is 26.7. The second-order valence-corrected chi connectivity index (χ2v) is 10.5. The summed E-state index contributed by atoms with van der Waals surface area (Å²) in [6, 6.07) is -0.960. The smallest absolute Gasteiger partial charge is 0.352 e. The van der Waals surface area contributed by atoms with Crippen molar-refractivity contribution in [1.29, 1.82) is 5.41 Å². The molecule has 2 aromatic rings. The molecule has 1 saturated heterocycles. The molecule has 0 unspecified atom stereocenters. The number of amidine groups is 1. The Kier molecular flexibility index (Phi) is 7.93. The summed E-state index contributed by atoms with van der Waals surface area (Å²) in [4.78, 5) is 47.9. The van der Waals surface area contributed by atoms with Crippen molar-refractivity contribution in [3.63, 3.8) is 0 Å². The second-order valence-electron chi connectivity index (χ2n) is 7.56. The predicted molar refractivity (Wildman–Crippen MR) is 135 cm³/mol. The van der Waals surface area contributed by atoms with Gasteiger partial charge in [-0.1, -0.05) is 16.9 Å². The van der Waals surface area contributed by atoms with Crippen LogP contribution in [0.3, 0.4) is 0 Å². The SMILES string of the molecule is CO/N=C(\C(=O)N[C@@H]1C(=O)N2C(C(=O)O)=C(CSc3nnnn3CCC(=N)N)CS[C@H]12)c1csc(N)n1. The largest absolute Gasteiger partial charge is 0.477 e. The maximum absolute atomic E-state index is 13.0. The third kappa shape index (κ3) is 5.52. The number of nitrogens with one attached hydrogen (secondary N) is 2. The Bertz CT molecular complexity index is 1310. The van der Waals surface area contributed by atoms with E-state index in [1.807, 2.05) is 0 Å². The zero-order valence-electron chi connectivity index (χ0n) is 19.2. The number of carboxylic acid groups (broad SMARTS) is 1. The number of aromatic nitrogens is 5. The quantitative estimate of drug-likeness (QED) is 0.0714. The topological polar surface area (TPSA) is 241 Å². The van der Waals surface area contributed by atoms with E-state index < -0.39 is 29.2 Å². The normalized spacial score (nSPS) is 19.3. The predicted octanol–water partition coefficient (Wildman–Crippen LogP) is -1.08. The van der Waals surface area contributed by atoms with Gasteiger partial charge in [0.25, 0.3) is 11.8 Å². The third-order valence-corrected chi connectivity index (χ3v) is 8.22. The lowest BCUT2D eigenvalue weighted by molar-refractivity contribution is -0.150. The molecule has 0 radical (unpaired) electrons. The minimum absolute atomic E-state index is 0.00804. The molecule has 4 rings (SSSR count). The van der Waals surface area contributed by atoms with Crippen LogP contribution in [0.2, 0.25) is 0 Å². The molecule has 2 amide bonds. The minimum atomic E-state index is -1.25. The fourth-order valence-electron chi connectivity index (χ4n) is 3.51. The number of hydrogen-bond acceptors (Lipinski definition) is 14. The van der Waals surface area contributed by atoms with E-state index in [1.54, 1.807) is 0 Å². The molecule has 0 aliphatic carbocycles. The van der Waals surface area contributed by atoms with Crippen LogP contribution in [-0.2, 0) is 25.8 Å². The standard InChI is InChI=1S/C18H21N11O5S3/c1-34-25-10(8-6-36-17(21)22-8)13(30)23-11-14(31)29-12(16(32)33)7(4-35-15(11)29)5-37-18-24-26-27-28(18)3-2-9(19)20/h6,11,15H,2-5H2,1H3,(H3,19,20)(H2,21,22)(H,23,30)(H,32,33)/b25-10-/t11-,15-/m1/s1. The molecular formula is C18H21N11O5S3. The highest BCUT2D eigenvalue weighted by atomic mass is 32.2. The van der Waals surface area contributed by atoms with Gasteiger partial charge >= 0.3 is 5.97 Å². The van der Waals surface area contributed by atoms with Crippen molar-refractivity contribution in [2.45, 2.75) is 29.5 Å². The zero-order valence-corrected chi connectivity index (χ0v) is 21.6. The van der Waals surface area contributed by atoms with Gasteiger partial charge in [0.05, 0.1) is 12.4 Å². The Hall–Kier alpha value is -3.71. The van der Waals surface area contributed by atoms with E-state index in [2.05, 4.69) is 31.0 Å². The molecule has 1 fully saturated rings. The van der Waals surface area contributed by atoms with E-state index in [9.17, 15) is 19.5 Å². The molecule has 19 heteroatoms. The summed E-state index contributed by atoms with van der Waals surface area (Å²) in [7, 11) is 1.27. The molecule has 7 N–H and O–H groups in total. The number of thiazole rings is 1. The van der Waals surface area contributed by atoms with Crippen LogP contribution in [0.15, 0.2) is 27.0 Å². The number of nitrogens with zero attached hydrogens (tertiary/aromatic N) is 7. The summed E-state index contributed by atoms with van der Waals surface area (Å²) < 4.78 is 1.47. The summed E-state index contributed by atoms with van der Waals surface area (Å²) in [6.07, 6.45) is 0.265. The average Bonchev–Trinajstić information content (AvgIpc) is 3.50. The molecule has 0 saturated carbocycles. The summed E-state index contributed by atoms with van der Waals surface area (Å²) >= 11 is 3.65. The molecular weight excluding hydrogens is 546 g/mol. The fourth-order valence-corrected chi connectivity index (χ4v) is 6.45. The first-order valence-corrected chi connectivity index (χ1v) is 13.4. The van der Waals surface area contributed by atoms with Gasteiger partial charge in [-0.2, -0.15) is 0 Å². The van der Waals surface area contributed by atoms with Crippen LogP contribution in [0.1, 0.15) is 12.1 Å². The van der Waals surface area contributed by atoms with Crippen LogP contribution in [0.25, 0.3) is 0 Å². The molecule has 2 aromatic heterocycles. The molecule has 4 heterocycles. The van der Waals surface area contributed by atoms with E-state index in [4.69, 9.17) is 21.7 Å². The van der Waals surface area contributed by atoms with E-state index in [0.29, 0.717) is 23.0 Å². The van der Waals surface area contributed by atoms with Gasteiger partial charge in [0.2, 0.25) is 5.16 Å². The number of tetrazole rings is 1. The van der Waals surface area contributed by atoms with Crippen LogP contribution in [0.4, 0.5) is 5.13 Å². The first kappa shape index (κ1) is 26.4. The highest BCUT2D eigenvalue weighted by molar-refractivity contribution is 8.01. The van der Waals surface area contributed by atoms with Crippen molar-refractivity contribution in [3.8, 4) is 0 Å². The lowest BCUT2D eigenvalue weighted by Gasteiger charge is -2.49. The lowest BCUT2D eigenvalue weighted by Crippen LogP contribution is -2.71. The van der Waals surface area contributed by atoms with Crippen LogP contribution < -0.4 is 16.8 Å². The van der Waals surface area contributed by atoms with E-state index >= 15 is 0 Å². The van der Waals surface area contributed by atoms with Gasteiger partial charge < -0.3 is 26.7 Å². The molecule has 196 valence electrons. The maximum Gasteiger partial charge on any atom is 0.352 e. The van der Waals surface area contributed by atoms with Crippen molar-refractivity contribution >= 4 is 69.3 Å². The summed E-state index contributed by atoms with van der Waals surface area (Å²) in [5.41, 5.74) is 11.4. The number of carboxylic acids is 1. The molecule has 37 heavy (non-hydrogen) atoms. The highest BCUT2D eigenvalue weighted by Gasteiger charge is 2.54. The van der Waals surface area contributed by atoms with Gasteiger partial charge in [0.1, 0.15) is 29.9 Å². The average molecular weight is 568 g/mol. The molecule has 0 aromatic carbocycles. The van der Waals surface area contributed by atoms with Gasteiger partial charge in [-0.3, -0.25) is 19.9 Å². The fraction of sp³-hybridized carbons (Fsp3) is 0.389. The van der Waals surface area contributed by atoms with E-state index in [-0.39, 0.29) is 40.2 Å². The molecule has 2 aliphatic rings. The van der Waals surface area contributed by atoms with E-state index in [0.717, 1.165) is 11.3 Å². The summed E-state index contributed by atoms with van der Waals surface area (Å²) in [6.45, 7) is 0.306. The number of nitrogen functional groups attached to an aromatic ring is 1. The number of β-lactam (4-membered cyclic amide) rings is 1. The monoisotopic (exact) mass is 567 g/mol. The second kappa shape index (κ2) is 11.1. The summed E-state index contributed by atoms with van der Waals surface area (Å²) in [5, 5.41) is 36.5. The number of hydrogen-bond donors (Lipinski definition) is 5. The van der Waals surface area contributed by atoms with Crippen molar-refractivity contribution in [2.75, 3.05) is 24.3 Å². The van der Waals surface area contributed by atoms with Crippen LogP contribution in [0, 0.1) is 5.41 Å². The Morgan fingerprint density at radius 1 is 1.46 bits per heavy atom. The van der Waals surface area contributed by atoms with Gasteiger partial charge in [-0.25, -0.2) is 14.5 Å². The first-order valence-electron chi connectivity index (χ1n) is 10.5. The van der Waals surface area contributed by atoms with Crippen molar-refractivity contribution in [2.24, 2.45) is 10.9 Å². The molecule has 0 bridgehead atoms. The number of carbonyl (C=O) groups is 3. The van der Waals surface area contributed by atoms with Crippen molar-refractivity contribution < 1.29 is 24.3 Å². The molecule has 16 nitrogen and oxygen atoms in total. The van der Waals surface area contributed by atoms with Crippen LogP contribution in [0.5, 0.6) is 0 Å². The number of fused-ring (bicyclic) bond motifs is 1. The van der Waals surface area contributed by atoms with Gasteiger partial charge in [0, 0.05) is 23.3 Å². The number of carbonyl (C=O) groups excluding carboxylic acids is 2. The van der Waals surface area contributed by atoms with Crippen molar-refractivity contribution in [3.05, 3.63) is 22.3 Å². The number of amides is 2. The van der Waals surface area contributed by atoms with Gasteiger partial charge in [-0.05, 0) is 16.0 Å². The number of thioether (sulfide) groups is 2. The number of oxime groups is 1. The van der Waals surface area contributed by atoms with Crippen LogP contribution in [-0.4, -0.2) is 94.6 Å². The highest BCUT2D eigenvalue weighted by Crippen LogP contribution is 2.41. The first-order chi connectivity index (χ1) is 17.7. The minimum Gasteiger partial charge on any atom is -0.477 e. The Balaban J connectivity index is 1.46. The van der Waals surface area contributed by atoms with Gasteiger partial charge in [-0.15, -0.1) is 28.2 Å². The number of rotatable bonds is 11. The number of aliphatic carboxylic acids is 1. The number of nitrogens with two attached hydrogens (primary N) is 2. The van der Waals surface area contributed by atoms with E-state index in [1.165, 1.54) is 45.6 Å². The number of aryl methyl sites for hydroxylation is 1. The Labute approximate surface area is 221 Å². The summed E-state index contributed by atoms with van der Waals surface area (Å²) in [5.74, 6) is -2.00. The van der Waals surface area contributed by atoms with Crippen LogP contribution >= 0.6 is 34.9 Å². The number of anilines is 1. The lowest BCUT2D eigenvalue weighted by atomic mass is 10.0. The van der Waals surface area contributed by atoms with Crippen molar-refractivity contribution in [1.82, 2.24) is 35.4 Å². The third-order valence-electron chi connectivity index (χ3n) is 5.17. The van der Waals surface area contributed by atoms with Gasteiger partial charge in [0.15, 0.2) is 10.8 Å². The Morgan fingerprint density at radius 2 is 2.24 bits per heavy atom. The molecule has 0 spiro atoms. The Morgan fingerprint density at radius 3 is 2.89 bits per heavy atom. The molecule has 2 aliphatic heterocycles.